The van der Waals surface area contributed by atoms with E-state index in [9.17, 15) is 0 Å². The van der Waals surface area contributed by atoms with Crippen LogP contribution in [0.3, 0.4) is 0 Å². The molecule has 0 unspecified atom stereocenters. The number of halogens is 1. The van der Waals surface area contributed by atoms with Crippen LogP contribution in [0.25, 0.3) is 0 Å². The fourth-order valence-corrected chi connectivity index (χ4v) is 1.93. The zero-order valence-electron chi connectivity index (χ0n) is 8.42. The van der Waals surface area contributed by atoms with E-state index in [1.54, 1.807) is 0 Å². The Hall–Kier alpha value is -0.0100. The monoisotopic (exact) mass is 189 g/mol. The van der Waals surface area contributed by atoms with Gasteiger partial charge in [-0.2, -0.15) is 0 Å². The van der Waals surface area contributed by atoms with E-state index < -0.39 is 0 Å². The van der Waals surface area contributed by atoms with E-state index in [4.69, 9.17) is 5.73 Å². The second-order valence-electron chi connectivity index (χ2n) is 4.43. The minimum absolute atomic E-state index is 0. The predicted molar refractivity (Wildman–Crippen MR) is 56.5 cm³/mol. The third kappa shape index (κ3) is 2.02. The summed E-state index contributed by atoms with van der Waals surface area (Å²) in [5.74, 6) is 1.45. The summed E-state index contributed by atoms with van der Waals surface area (Å²) in [6.45, 7) is 9.74. The molecule has 0 spiro atoms. The van der Waals surface area contributed by atoms with E-state index in [-0.39, 0.29) is 12.4 Å². The van der Waals surface area contributed by atoms with Crippen LogP contribution in [0.2, 0.25) is 0 Å². The van der Waals surface area contributed by atoms with Gasteiger partial charge in [0.2, 0.25) is 0 Å². The molecule has 0 saturated heterocycles. The van der Waals surface area contributed by atoms with Crippen LogP contribution >= 0.6 is 12.4 Å². The van der Waals surface area contributed by atoms with Gasteiger partial charge in [0, 0.05) is 0 Å². The summed E-state index contributed by atoms with van der Waals surface area (Å²) in [5.41, 5.74) is 7.53. The fraction of sp³-hybridized carbons (Fsp3) is 0.800. The number of hydrogen-bond donors (Lipinski definition) is 1. The predicted octanol–water partition coefficient (Wildman–Crippen LogP) is 2.61. The maximum Gasteiger partial charge on any atom is -0.00377 e. The third-order valence-corrected chi connectivity index (χ3v) is 2.91. The Labute approximate surface area is 81.8 Å². The van der Waals surface area contributed by atoms with Crippen molar-refractivity contribution in [1.29, 1.82) is 0 Å². The molecular weight excluding hydrogens is 170 g/mol. The molecule has 0 aromatic heterocycles. The quantitative estimate of drug-likeness (QED) is 0.665. The summed E-state index contributed by atoms with van der Waals surface area (Å²) in [4.78, 5) is 0. The van der Waals surface area contributed by atoms with Crippen molar-refractivity contribution in [2.75, 3.05) is 6.54 Å². The number of nitrogens with two attached hydrogens (primary N) is 1. The lowest BCUT2D eigenvalue weighted by Gasteiger charge is -1.97. The van der Waals surface area contributed by atoms with E-state index in [2.05, 4.69) is 33.8 Å². The Morgan fingerprint density at radius 3 is 2.17 bits per heavy atom. The Kier molecular flexibility index (Phi) is 3.80. The zero-order valence-corrected chi connectivity index (χ0v) is 9.24. The van der Waals surface area contributed by atoms with Gasteiger partial charge in [0.05, 0.1) is 0 Å². The highest BCUT2D eigenvalue weighted by atomic mass is 35.5. The summed E-state index contributed by atoms with van der Waals surface area (Å²) in [7, 11) is 0. The van der Waals surface area contributed by atoms with Crippen LogP contribution in [-0.4, -0.2) is 6.54 Å². The van der Waals surface area contributed by atoms with Gasteiger partial charge in [-0.05, 0) is 37.6 Å². The molecule has 1 rings (SSSR count). The number of hydrogen-bond acceptors (Lipinski definition) is 1. The number of allylic oxidation sites excluding steroid dienone is 2. The third-order valence-electron chi connectivity index (χ3n) is 2.91. The molecule has 0 bridgehead atoms. The molecule has 2 N–H and O–H groups in total. The maximum atomic E-state index is 5.65. The van der Waals surface area contributed by atoms with Crippen LogP contribution in [0.15, 0.2) is 11.6 Å². The van der Waals surface area contributed by atoms with E-state index in [0.717, 1.165) is 18.4 Å². The molecular formula is C10H20ClN. The van der Waals surface area contributed by atoms with Gasteiger partial charge in [0.25, 0.3) is 0 Å². The molecule has 1 nitrogen and oxygen atoms in total. The smallest absolute Gasteiger partial charge is 0.00377 e. The largest absolute Gasteiger partial charge is 0.330 e. The van der Waals surface area contributed by atoms with E-state index in [1.165, 1.54) is 5.57 Å². The normalized spacial score (nSPS) is 30.4. The molecule has 0 aromatic carbocycles. The molecule has 2 heteroatoms. The molecule has 1 saturated carbocycles. The van der Waals surface area contributed by atoms with Crippen LogP contribution in [0, 0.1) is 17.3 Å². The Morgan fingerprint density at radius 2 is 1.92 bits per heavy atom. The average Bonchev–Trinajstić information content (AvgIpc) is 2.33. The van der Waals surface area contributed by atoms with E-state index in [1.807, 2.05) is 0 Å². The van der Waals surface area contributed by atoms with Crippen LogP contribution in [-0.2, 0) is 0 Å². The molecule has 0 aromatic rings. The van der Waals surface area contributed by atoms with Crippen molar-refractivity contribution in [2.24, 2.45) is 23.0 Å². The van der Waals surface area contributed by atoms with Crippen molar-refractivity contribution in [1.82, 2.24) is 0 Å². The molecule has 1 fully saturated rings. The van der Waals surface area contributed by atoms with Crippen molar-refractivity contribution in [3.05, 3.63) is 11.6 Å². The standard InChI is InChI=1S/C10H19N.ClH/c1-7(2)5-8-9(6-11)10(8,3)4;/h5,8-9H,6,11H2,1-4H3;1H/t8-,9+;/m0./s1. The lowest BCUT2D eigenvalue weighted by Crippen LogP contribution is -2.05. The second-order valence-corrected chi connectivity index (χ2v) is 4.43. The van der Waals surface area contributed by atoms with E-state index >= 15 is 0 Å². The van der Waals surface area contributed by atoms with Gasteiger partial charge >= 0.3 is 0 Å². The fourth-order valence-electron chi connectivity index (χ4n) is 1.93. The molecule has 2 atom stereocenters. The average molecular weight is 190 g/mol. The summed E-state index contributed by atoms with van der Waals surface area (Å²) >= 11 is 0. The highest BCUT2D eigenvalue weighted by molar-refractivity contribution is 5.85. The first-order valence-electron chi connectivity index (χ1n) is 4.35. The highest BCUT2D eigenvalue weighted by Gasteiger charge is 2.54. The van der Waals surface area contributed by atoms with Crippen LogP contribution in [0.4, 0.5) is 0 Å². The zero-order chi connectivity index (χ0) is 8.65. The first-order chi connectivity index (χ1) is 5.00. The second kappa shape index (κ2) is 3.80. The molecule has 1 aliphatic carbocycles. The van der Waals surface area contributed by atoms with Crippen molar-refractivity contribution in [3.8, 4) is 0 Å². The SMILES string of the molecule is CC(C)=C[C@H]1[C@@H](CN)C1(C)C.Cl. The van der Waals surface area contributed by atoms with Gasteiger partial charge < -0.3 is 5.73 Å². The first kappa shape index (κ1) is 12.0. The molecule has 0 aliphatic heterocycles. The van der Waals surface area contributed by atoms with Gasteiger partial charge in [0.15, 0.2) is 0 Å². The molecule has 0 heterocycles. The van der Waals surface area contributed by atoms with Crippen LogP contribution in [0.5, 0.6) is 0 Å². The minimum Gasteiger partial charge on any atom is -0.330 e. The molecule has 0 radical (unpaired) electrons. The van der Waals surface area contributed by atoms with Crippen LogP contribution in [0.1, 0.15) is 27.7 Å². The summed E-state index contributed by atoms with van der Waals surface area (Å²) in [6, 6.07) is 0. The van der Waals surface area contributed by atoms with Gasteiger partial charge in [-0.25, -0.2) is 0 Å². The Balaban J connectivity index is 0.00000121. The van der Waals surface area contributed by atoms with Gasteiger partial charge in [-0.1, -0.05) is 25.5 Å². The van der Waals surface area contributed by atoms with Crippen molar-refractivity contribution >= 4 is 12.4 Å². The van der Waals surface area contributed by atoms with Gasteiger partial charge in [-0.3, -0.25) is 0 Å². The van der Waals surface area contributed by atoms with E-state index in [0.29, 0.717) is 5.41 Å². The lowest BCUT2D eigenvalue weighted by atomic mass is 10.1. The van der Waals surface area contributed by atoms with Gasteiger partial charge in [0.1, 0.15) is 0 Å². The van der Waals surface area contributed by atoms with Crippen molar-refractivity contribution in [2.45, 2.75) is 27.7 Å². The van der Waals surface area contributed by atoms with Crippen LogP contribution < -0.4 is 5.73 Å². The van der Waals surface area contributed by atoms with Crippen molar-refractivity contribution in [3.63, 3.8) is 0 Å². The Morgan fingerprint density at radius 1 is 1.42 bits per heavy atom. The molecule has 12 heavy (non-hydrogen) atoms. The minimum atomic E-state index is 0. The molecule has 1 aliphatic rings. The summed E-state index contributed by atoms with van der Waals surface area (Å²) in [5, 5.41) is 0. The Bertz CT molecular complexity index is 180. The summed E-state index contributed by atoms with van der Waals surface area (Å²) in [6.07, 6.45) is 2.36. The summed E-state index contributed by atoms with van der Waals surface area (Å²) < 4.78 is 0. The highest BCUT2D eigenvalue weighted by Crippen LogP contribution is 2.58. The maximum absolute atomic E-state index is 5.65. The molecule has 0 amide bonds. The van der Waals surface area contributed by atoms with Gasteiger partial charge in [-0.15, -0.1) is 12.4 Å². The van der Waals surface area contributed by atoms with Crippen molar-refractivity contribution < 1.29 is 0 Å². The lowest BCUT2D eigenvalue weighted by molar-refractivity contribution is 0.555. The first-order valence-corrected chi connectivity index (χ1v) is 4.35. The topological polar surface area (TPSA) is 26.0 Å². The number of rotatable bonds is 2. The molecule has 72 valence electrons.